The number of alkyl halides is 3. The van der Waals surface area contributed by atoms with Gasteiger partial charge in [-0.15, -0.1) is 0 Å². The van der Waals surface area contributed by atoms with Crippen molar-refractivity contribution in [2.24, 2.45) is 5.41 Å². The van der Waals surface area contributed by atoms with Gasteiger partial charge in [-0.3, -0.25) is 0 Å². The maximum Gasteiger partial charge on any atom is 0.394 e. The molecule has 0 aromatic carbocycles. The molecule has 23 heavy (non-hydrogen) atoms. The summed E-state index contributed by atoms with van der Waals surface area (Å²) in [5, 5.41) is 3.15. The molecule has 1 aliphatic heterocycles. The molecule has 4 nitrogen and oxygen atoms in total. The van der Waals surface area contributed by atoms with E-state index in [0.717, 1.165) is 5.56 Å². The first kappa shape index (κ1) is 15.3. The zero-order chi connectivity index (χ0) is 16.8. The Labute approximate surface area is 137 Å². The van der Waals surface area contributed by atoms with E-state index < -0.39 is 17.1 Å². The Kier molecular flexibility index (Phi) is 2.69. The Morgan fingerprint density at radius 1 is 1.17 bits per heavy atom. The van der Waals surface area contributed by atoms with Gasteiger partial charge in [-0.25, -0.2) is 9.97 Å². The van der Waals surface area contributed by atoms with E-state index in [9.17, 15) is 13.2 Å². The molecule has 0 radical (unpaired) electrons. The van der Waals surface area contributed by atoms with Crippen LogP contribution in [-0.4, -0.2) is 35.3 Å². The minimum atomic E-state index is -4.10. The Hall–Kier alpha value is -1.24. The molecule has 3 fully saturated rings. The summed E-state index contributed by atoms with van der Waals surface area (Å²) in [6.45, 7) is 4.77. The van der Waals surface area contributed by atoms with Gasteiger partial charge in [-0.2, -0.15) is 13.2 Å². The van der Waals surface area contributed by atoms with E-state index in [1.54, 1.807) is 7.05 Å². The van der Waals surface area contributed by atoms with Gasteiger partial charge >= 0.3 is 6.18 Å². The van der Waals surface area contributed by atoms with Gasteiger partial charge < -0.3 is 10.2 Å². The highest BCUT2D eigenvalue weighted by Crippen LogP contribution is 2.76. The summed E-state index contributed by atoms with van der Waals surface area (Å²) < 4.78 is 39.4. The molecular formula is C15H18ClF3N4. The lowest BCUT2D eigenvalue weighted by molar-refractivity contribution is -0.332. The molecular weight excluding hydrogens is 329 g/mol. The number of hydrogen-bond acceptors (Lipinski definition) is 4. The highest BCUT2D eigenvalue weighted by Gasteiger charge is 2.81. The second-order valence-electron chi connectivity index (χ2n) is 7.79. The number of fused-ring (bicyclic) bond motifs is 1. The van der Waals surface area contributed by atoms with E-state index in [1.807, 2.05) is 4.90 Å². The van der Waals surface area contributed by atoms with Crippen LogP contribution in [0.3, 0.4) is 0 Å². The number of aromatic nitrogens is 2. The van der Waals surface area contributed by atoms with Crippen molar-refractivity contribution in [2.75, 3.05) is 23.8 Å². The average molecular weight is 347 g/mol. The number of rotatable bonds is 2. The maximum absolute atomic E-state index is 13.1. The van der Waals surface area contributed by atoms with E-state index in [4.69, 9.17) is 11.6 Å². The summed E-state index contributed by atoms with van der Waals surface area (Å²) in [5.74, 6) is 1.35. The number of hydrogen-bond donors (Lipinski definition) is 1. The molecule has 8 heteroatoms. The first-order chi connectivity index (χ1) is 10.5. The molecule has 1 aromatic rings. The molecule has 1 aromatic heterocycles. The smallest absolute Gasteiger partial charge is 0.373 e. The molecule has 0 amide bonds. The molecule has 5 rings (SSSR count). The molecule has 3 aliphatic carbocycles. The first-order valence-corrected chi connectivity index (χ1v) is 8.02. The van der Waals surface area contributed by atoms with Crippen LogP contribution in [0.5, 0.6) is 0 Å². The van der Waals surface area contributed by atoms with Crippen molar-refractivity contribution in [3.8, 4) is 0 Å². The summed E-state index contributed by atoms with van der Waals surface area (Å²) in [6, 6.07) is 0. The zero-order valence-electron chi connectivity index (χ0n) is 13.2. The summed E-state index contributed by atoms with van der Waals surface area (Å²) >= 11 is 6.02. The van der Waals surface area contributed by atoms with Crippen molar-refractivity contribution in [1.82, 2.24) is 9.97 Å². The number of nitrogens with zero attached hydrogens (tertiary/aromatic N) is 3. The van der Waals surface area contributed by atoms with Crippen LogP contribution < -0.4 is 10.2 Å². The monoisotopic (exact) mass is 346 g/mol. The van der Waals surface area contributed by atoms with Crippen LogP contribution in [0.4, 0.5) is 24.8 Å². The predicted molar refractivity (Wildman–Crippen MR) is 82.0 cm³/mol. The topological polar surface area (TPSA) is 41.1 Å². The number of halogens is 4. The fourth-order valence-electron chi connectivity index (χ4n) is 4.68. The summed E-state index contributed by atoms with van der Waals surface area (Å²) in [6.07, 6.45) is -3.62. The Balaban J connectivity index is 1.73. The molecule has 0 atom stereocenters. The minimum Gasteiger partial charge on any atom is -0.373 e. The summed E-state index contributed by atoms with van der Waals surface area (Å²) in [4.78, 5) is 10.6. The van der Waals surface area contributed by atoms with E-state index >= 15 is 0 Å². The summed E-state index contributed by atoms with van der Waals surface area (Å²) in [7, 11) is 1.76. The summed E-state index contributed by atoms with van der Waals surface area (Å²) in [5.41, 5.74) is -1.18. The fraction of sp³-hybridized carbons (Fsp3) is 0.733. The molecule has 3 saturated carbocycles. The molecule has 4 aliphatic rings. The standard InChI is InChI=1S/C15H18ClF3N4/c1-12(2)7-23(10-8(12)9(20-3)21-11(16)22-10)14-4-13(5-14,6-14)15(17,18)19/h4-7H2,1-3H3,(H,20,21,22). The normalized spacial score (nSPS) is 33.8. The van der Waals surface area contributed by atoms with Gasteiger partial charge in [0.2, 0.25) is 5.28 Å². The third-order valence-electron chi connectivity index (χ3n) is 5.76. The first-order valence-electron chi connectivity index (χ1n) is 7.64. The quantitative estimate of drug-likeness (QED) is 0.828. The molecule has 0 spiro atoms. The highest BCUT2D eigenvalue weighted by molar-refractivity contribution is 6.28. The van der Waals surface area contributed by atoms with Crippen LogP contribution in [0, 0.1) is 5.41 Å². The Morgan fingerprint density at radius 3 is 2.30 bits per heavy atom. The molecule has 0 unspecified atom stereocenters. The van der Waals surface area contributed by atoms with Crippen LogP contribution in [-0.2, 0) is 5.41 Å². The van der Waals surface area contributed by atoms with Crippen molar-refractivity contribution in [2.45, 2.75) is 50.2 Å². The van der Waals surface area contributed by atoms with E-state index in [0.29, 0.717) is 18.2 Å². The van der Waals surface area contributed by atoms with Crippen LogP contribution >= 0.6 is 11.6 Å². The highest BCUT2D eigenvalue weighted by atomic mass is 35.5. The van der Waals surface area contributed by atoms with Crippen LogP contribution in [0.25, 0.3) is 0 Å². The van der Waals surface area contributed by atoms with Gasteiger partial charge in [0.05, 0.1) is 5.41 Å². The third-order valence-corrected chi connectivity index (χ3v) is 5.93. The second-order valence-corrected chi connectivity index (χ2v) is 8.13. The van der Waals surface area contributed by atoms with Crippen molar-refractivity contribution < 1.29 is 13.2 Å². The lowest BCUT2D eigenvalue weighted by Gasteiger charge is -2.73. The van der Waals surface area contributed by atoms with Crippen molar-refractivity contribution in [3.63, 3.8) is 0 Å². The van der Waals surface area contributed by atoms with Crippen LogP contribution in [0.15, 0.2) is 0 Å². The molecule has 2 heterocycles. The van der Waals surface area contributed by atoms with Crippen LogP contribution in [0.2, 0.25) is 5.28 Å². The number of nitrogens with one attached hydrogen (secondary N) is 1. The Bertz CT molecular complexity index is 681. The predicted octanol–water partition coefficient (Wildman–Crippen LogP) is 3.75. The zero-order valence-corrected chi connectivity index (χ0v) is 13.9. The van der Waals surface area contributed by atoms with Gasteiger partial charge in [-0.05, 0) is 30.9 Å². The van der Waals surface area contributed by atoms with E-state index in [2.05, 4.69) is 29.1 Å². The molecule has 0 saturated heterocycles. The van der Waals surface area contributed by atoms with E-state index in [-0.39, 0.29) is 30.0 Å². The minimum absolute atomic E-state index is 0.118. The fourth-order valence-corrected chi connectivity index (χ4v) is 4.85. The molecule has 1 N–H and O–H groups in total. The molecule has 2 bridgehead atoms. The van der Waals surface area contributed by atoms with Gasteiger partial charge in [0.1, 0.15) is 11.6 Å². The lowest BCUT2D eigenvalue weighted by Crippen LogP contribution is -2.79. The number of anilines is 2. The SMILES string of the molecule is CNc1nc(Cl)nc2c1C(C)(C)CN2C12CC(C(F)(F)F)(C1)C2. The van der Waals surface area contributed by atoms with Crippen LogP contribution in [0.1, 0.15) is 38.7 Å². The van der Waals surface area contributed by atoms with Gasteiger partial charge in [0, 0.05) is 30.1 Å². The van der Waals surface area contributed by atoms with Crippen molar-refractivity contribution >= 4 is 23.2 Å². The third kappa shape index (κ3) is 1.74. The van der Waals surface area contributed by atoms with Gasteiger partial charge in [0.25, 0.3) is 0 Å². The second kappa shape index (κ2) is 4.05. The Morgan fingerprint density at radius 2 is 1.78 bits per heavy atom. The lowest BCUT2D eigenvalue weighted by atomic mass is 9.38. The van der Waals surface area contributed by atoms with Gasteiger partial charge in [0.15, 0.2) is 0 Å². The van der Waals surface area contributed by atoms with Crippen molar-refractivity contribution in [3.05, 3.63) is 10.8 Å². The largest absolute Gasteiger partial charge is 0.394 e. The van der Waals surface area contributed by atoms with E-state index in [1.165, 1.54) is 0 Å². The van der Waals surface area contributed by atoms with Gasteiger partial charge in [-0.1, -0.05) is 13.8 Å². The maximum atomic E-state index is 13.1. The average Bonchev–Trinajstić information content (AvgIpc) is 2.55. The van der Waals surface area contributed by atoms with Crippen molar-refractivity contribution in [1.29, 1.82) is 0 Å². The molecule has 126 valence electrons.